The van der Waals surface area contributed by atoms with E-state index in [1.807, 2.05) is 53.9 Å². The summed E-state index contributed by atoms with van der Waals surface area (Å²) in [6, 6.07) is 11.4. The van der Waals surface area contributed by atoms with E-state index in [1.54, 1.807) is 6.20 Å². The zero-order valence-corrected chi connectivity index (χ0v) is 14.3. The average molecular weight is 324 g/mol. The third kappa shape index (κ3) is 2.63. The number of aromatic nitrogens is 2. The van der Waals surface area contributed by atoms with Crippen LogP contribution in [0.15, 0.2) is 36.5 Å². The van der Waals surface area contributed by atoms with Crippen LogP contribution in [-0.4, -0.2) is 45.8 Å². The zero-order valence-electron chi connectivity index (χ0n) is 14.3. The molecular weight excluding hydrogens is 300 g/mol. The van der Waals surface area contributed by atoms with E-state index in [1.165, 1.54) is 12.8 Å². The Morgan fingerprint density at radius 1 is 1.21 bits per heavy atom. The first-order chi connectivity index (χ1) is 11.6. The van der Waals surface area contributed by atoms with Gasteiger partial charge in [0.1, 0.15) is 0 Å². The SMILES string of the molecule is Cc1c(C(=O)N(C)C2CC3CCC(C2)N3)cnn1-c1ccccc1. The molecule has 0 spiro atoms. The molecule has 5 heteroatoms. The summed E-state index contributed by atoms with van der Waals surface area (Å²) >= 11 is 0. The van der Waals surface area contributed by atoms with Crippen molar-refractivity contribution in [3.05, 3.63) is 47.8 Å². The van der Waals surface area contributed by atoms with Gasteiger partial charge in [0.2, 0.25) is 0 Å². The van der Waals surface area contributed by atoms with E-state index < -0.39 is 0 Å². The van der Waals surface area contributed by atoms with E-state index in [9.17, 15) is 4.79 Å². The number of benzene rings is 1. The summed E-state index contributed by atoms with van der Waals surface area (Å²) in [5, 5.41) is 8.07. The molecule has 4 rings (SSSR count). The molecule has 2 aliphatic heterocycles. The fourth-order valence-corrected chi connectivity index (χ4v) is 4.15. The van der Waals surface area contributed by atoms with Crippen molar-refractivity contribution < 1.29 is 4.79 Å². The molecule has 2 bridgehead atoms. The molecule has 3 heterocycles. The van der Waals surface area contributed by atoms with Crippen molar-refractivity contribution in [2.75, 3.05) is 7.05 Å². The fourth-order valence-electron chi connectivity index (χ4n) is 4.15. The number of nitrogens with one attached hydrogen (secondary N) is 1. The quantitative estimate of drug-likeness (QED) is 0.944. The Morgan fingerprint density at radius 3 is 2.54 bits per heavy atom. The number of carbonyl (C=O) groups excluding carboxylic acids is 1. The second-order valence-corrected chi connectivity index (χ2v) is 7.07. The lowest BCUT2D eigenvalue weighted by Crippen LogP contribution is -2.48. The summed E-state index contributed by atoms with van der Waals surface area (Å²) in [4.78, 5) is 14.9. The van der Waals surface area contributed by atoms with Crippen LogP contribution < -0.4 is 5.32 Å². The largest absolute Gasteiger partial charge is 0.338 e. The summed E-state index contributed by atoms with van der Waals surface area (Å²) in [7, 11) is 1.94. The van der Waals surface area contributed by atoms with Gasteiger partial charge in [-0.2, -0.15) is 5.10 Å². The molecule has 2 unspecified atom stereocenters. The number of hydrogen-bond donors (Lipinski definition) is 1. The first-order valence-corrected chi connectivity index (χ1v) is 8.76. The van der Waals surface area contributed by atoms with E-state index in [2.05, 4.69) is 10.4 Å². The third-order valence-corrected chi connectivity index (χ3v) is 5.56. The molecule has 2 saturated heterocycles. The van der Waals surface area contributed by atoms with Gasteiger partial charge in [-0.1, -0.05) is 18.2 Å². The minimum Gasteiger partial charge on any atom is -0.338 e. The van der Waals surface area contributed by atoms with E-state index >= 15 is 0 Å². The van der Waals surface area contributed by atoms with Crippen LogP contribution in [0.1, 0.15) is 41.7 Å². The first-order valence-electron chi connectivity index (χ1n) is 8.76. The van der Waals surface area contributed by atoms with Gasteiger partial charge in [-0.3, -0.25) is 4.79 Å². The number of rotatable bonds is 3. The lowest BCUT2D eigenvalue weighted by molar-refractivity contribution is 0.0681. The van der Waals surface area contributed by atoms with Gasteiger partial charge in [0, 0.05) is 25.2 Å². The van der Waals surface area contributed by atoms with Crippen molar-refractivity contribution >= 4 is 5.91 Å². The number of amides is 1. The predicted molar refractivity (Wildman–Crippen MR) is 93.4 cm³/mol. The van der Waals surface area contributed by atoms with Crippen molar-refractivity contribution in [1.82, 2.24) is 20.0 Å². The number of hydrogen-bond acceptors (Lipinski definition) is 3. The van der Waals surface area contributed by atoms with Crippen LogP contribution >= 0.6 is 0 Å². The van der Waals surface area contributed by atoms with Gasteiger partial charge in [-0.25, -0.2) is 4.68 Å². The highest BCUT2D eigenvalue weighted by Gasteiger charge is 2.37. The molecule has 2 aliphatic rings. The molecule has 5 nitrogen and oxygen atoms in total. The molecule has 0 aliphatic carbocycles. The Kier molecular flexibility index (Phi) is 3.88. The van der Waals surface area contributed by atoms with Crippen LogP contribution in [0.5, 0.6) is 0 Å². The summed E-state index contributed by atoms with van der Waals surface area (Å²) in [5.74, 6) is 0.0842. The number of piperidine rings is 1. The molecule has 24 heavy (non-hydrogen) atoms. The summed E-state index contributed by atoms with van der Waals surface area (Å²) in [5.41, 5.74) is 2.58. The molecule has 1 aromatic carbocycles. The second-order valence-electron chi connectivity index (χ2n) is 7.07. The standard InChI is InChI=1S/C19H24N4O/c1-13-18(12-20-23(13)16-6-4-3-5-7-16)19(24)22(2)17-10-14-8-9-15(11-17)21-14/h3-7,12,14-15,17,21H,8-11H2,1-2H3. The maximum atomic E-state index is 13.0. The first kappa shape index (κ1) is 15.4. The lowest BCUT2D eigenvalue weighted by Gasteiger charge is -2.35. The summed E-state index contributed by atoms with van der Waals surface area (Å²) in [6.45, 7) is 1.97. The maximum Gasteiger partial charge on any atom is 0.257 e. The van der Waals surface area contributed by atoms with Gasteiger partial charge in [0.05, 0.1) is 23.1 Å². The Bertz CT molecular complexity index is 727. The smallest absolute Gasteiger partial charge is 0.257 e. The maximum absolute atomic E-state index is 13.0. The van der Waals surface area contributed by atoms with Gasteiger partial charge >= 0.3 is 0 Å². The normalized spacial score (nSPS) is 25.7. The van der Waals surface area contributed by atoms with Crippen LogP contribution in [0.4, 0.5) is 0 Å². The second kappa shape index (κ2) is 6.06. The number of para-hydroxylation sites is 1. The highest BCUT2D eigenvalue weighted by molar-refractivity contribution is 5.95. The van der Waals surface area contributed by atoms with E-state index in [0.29, 0.717) is 23.7 Å². The van der Waals surface area contributed by atoms with Crippen LogP contribution in [0.3, 0.4) is 0 Å². The Hall–Kier alpha value is -2.14. The molecule has 1 aromatic heterocycles. The zero-order chi connectivity index (χ0) is 16.7. The molecule has 2 fully saturated rings. The average Bonchev–Trinajstić information content (AvgIpc) is 3.16. The molecule has 1 N–H and O–H groups in total. The fraction of sp³-hybridized carbons (Fsp3) is 0.474. The minimum absolute atomic E-state index is 0.0842. The highest BCUT2D eigenvalue weighted by atomic mass is 16.2. The molecule has 2 atom stereocenters. The van der Waals surface area contributed by atoms with Crippen LogP contribution in [0.2, 0.25) is 0 Å². The van der Waals surface area contributed by atoms with Crippen LogP contribution in [0.25, 0.3) is 5.69 Å². The molecule has 1 amide bonds. The highest BCUT2D eigenvalue weighted by Crippen LogP contribution is 2.30. The van der Waals surface area contributed by atoms with Crippen LogP contribution in [0, 0.1) is 6.92 Å². The van der Waals surface area contributed by atoms with Crippen molar-refractivity contribution in [3.63, 3.8) is 0 Å². The third-order valence-electron chi connectivity index (χ3n) is 5.56. The number of fused-ring (bicyclic) bond motifs is 2. The molecule has 2 aromatic rings. The monoisotopic (exact) mass is 324 g/mol. The number of carbonyl (C=O) groups is 1. The van der Waals surface area contributed by atoms with Crippen molar-refractivity contribution in [2.45, 2.75) is 50.7 Å². The summed E-state index contributed by atoms with van der Waals surface area (Å²) < 4.78 is 1.84. The van der Waals surface area contributed by atoms with E-state index in [-0.39, 0.29) is 5.91 Å². The predicted octanol–water partition coefficient (Wildman–Crippen LogP) is 2.54. The van der Waals surface area contributed by atoms with Gasteiger partial charge in [-0.15, -0.1) is 0 Å². The van der Waals surface area contributed by atoms with Gasteiger partial charge < -0.3 is 10.2 Å². The topological polar surface area (TPSA) is 50.2 Å². The number of nitrogens with zero attached hydrogens (tertiary/aromatic N) is 3. The van der Waals surface area contributed by atoms with Crippen molar-refractivity contribution in [2.24, 2.45) is 0 Å². The van der Waals surface area contributed by atoms with E-state index in [0.717, 1.165) is 24.2 Å². The molecule has 0 radical (unpaired) electrons. The Balaban J connectivity index is 1.55. The van der Waals surface area contributed by atoms with Gasteiger partial charge in [0.25, 0.3) is 5.91 Å². The summed E-state index contributed by atoms with van der Waals surface area (Å²) in [6.07, 6.45) is 6.31. The van der Waals surface area contributed by atoms with Gasteiger partial charge in [-0.05, 0) is 44.7 Å². The van der Waals surface area contributed by atoms with Crippen LogP contribution in [-0.2, 0) is 0 Å². The minimum atomic E-state index is 0.0842. The van der Waals surface area contributed by atoms with E-state index in [4.69, 9.17) is 0 Å². The molecular formula is C19H24N4O. The molecule has 0 saturated carbocycles. The Labute approximate surface area is 142 Å². The molecule has 126 valence electrons. The Morgan fingerprint density at radius 2 is 1.88 bits per heavy atom. The lowest BCUT2D eigenvalue weighted by atomic mass is 9.98. The van der Waals surface area contributed by atoms with Crippen molar-refractivity contribution in [3.8, 4) is 5.69 Å². The van der Waals surface area contributed by atoms with Gasteiger partial charge in [0.15, 0.2) is 0 Å². The van der Waals surface area contributed by atoms with Crippen molar-refractivity contribution in [1.29, 1.82) is 0 Å².